The Morgan fingerprint density at radius 3 is 2.56 bits per heavy atom. The Morgan fingerprint density at radius 1 is 1.07 bits per heavy atom. The normalized spacial score (nSPS) is 20.9. The Kier molecular flexibility index (Phi) is 5.06. The summed E-state index contributed by atoms with van der Waals surface area (Å²) in [4.78, 5) is 24.5. The smallest absolute Gasteiger partial charge is 0.225 e. The van der Waals surface area contributed by atoms with Crippen LogP contribution in [0.2, 0.25) is 0 Å². The molecule has 1 aliphatic heterocycles. The van der Waals surface area contributed by atoms with Crippen molar-refractivity contribution in [2.45, 2.75) is 39.5 Å². The Labute approximate surface area is 161 Å². The van der Waals surface area contributed by atoms with Crippen molar-refractivity contribution in [1.29, 1.82) is 0 Å². The van der Waals surface area contributed by atoms with E-state index in [0.717, 1.165) is 53.9 Å². The number of piperidine rings is 1. The van der Waals surface area contributed by atoms with Crippen LogP contribution in [0.25, 0.3) is 6.08 Å². The number of hydrogen-bond acceptors (Lipinski definition) is 4. The van der Waals surface area contributed by atoms with E-state index >= 15 is 0 Å². The molecule has 140 valence electrons. The summed E-state index contributed by atoms with van der Waals surface area (Å²) in [6, 6.07) is 10.2. The molecule has 1 aliphatic carbocycles. The molecular weight excluding hydrogens is 334 g/mol. The van der Waals surface area contributed by atoms with Crippen molar-refractivity contribution in [1.82, 2.24) is 9.97 Å². The van der Waals surface area contributed by atoms with E-state index in [1.54, 1.807) is 0 Å². The maximum Gasteiger partial charge on any atom is 0.225 e. The summed E-state index contributed by atoms with van der Waals surface area (Å²) in [5.41, 5.74) is 3.69. The van der Waals surface area contributed by atoms with E-state index in [1.165, 1.54) is 12.8 Å². The number of rotatable bonds is 3. The first-order valence-corrected chi connectivity index (χ1v) is 9.99. The van der Waals surface area contributed by atoms with E-state index in [9.17, 15) is 4.79 Å². The molecule has 0 N–H and O–H groups in total. The zero-order valence-electron chi connectivity index (χ0n) is 16.2. The summed E-state index contributed by atoms with van der Waals surface area (Å²) in [7, 11) is 0. The maximum absolute atomic E-state index is 12.7. The quantitative estimate of drug-likeness (QED) is 0.809. The number of aryl methyl sites for hydroxylation is 1. The van der Waals surface area contributed by atoms with Gasteiger partial charge in [0.15, 0.2) is 5.78 Å². The molecular formula is C23H27N3O. The summed E-state index contributed by atoms with van der Waals surface area (Å²) >= 11 is 0. The van der Waals surface area contributed by atoms with Gasteiger partial charge in [0.25, 0.3) is 0 Å². The molecule has 0 amide bonds. The topological polar surface area (TPSA) is 46.1 Å². The predicted molar refractivity (Wildman–Crippen MR) is 109 cm³/mol. The number of hydrogen-bond donors (Lipinski definition) is 0. The molecule has 2 aromatic rings. The number of nitrogens with zero attached hydrogens (tertiary/aromatic N) is 3. The lowest BCUT2D eigenvalue weighted by atomic mass is 9.85. The van der Waals surface area contributed by atoms with Crippen molar-refractivity contribution < 1.29 is 4.79 Å². The lowest BCUT2D eigenvalue weighted by Gasteiger charge is -2.31. The monoisotopic (exact) mass is 361 g/mol. The average Bonchev–Trinajstić information content (AvgIpc) is 2.67. The van der Waals surface area contributed by atoms with Crippen molar-refractivity contribution in [3.05, 3.63) is 58.9 Å². The third-order valence-corrected chi connectivity index (χ3v) is 5.76. The van der Waals surface area contributed by atoms with Gasteiger partial charge >= 0.3 is 0 Å². The van der Waals surface area contributed by atoms with Crippen LogP contribution in [0.3, 0.4) is 0 Å². The molecule has 1 atom stereocenters. The number of Topliss-reactive ketones (excluding diaryl/α,β-unsaturated/α-hetero) is 1. The Bertz CT molecular complexity index is 851. The largest absolute Gasteiger partial charge is 0.341 e. The second-order valence-corrected chi connectivity index (χ2v) is 7.96. The molecule has 4 nitrogen and oxygen atoms in total. The van der Waals surface area contributed by atoms with Gasteiger partial charge in [-0.2, -0.15) is 0 Å². The van der Waals surface area contributed by atoms with Crippen LogP contribution in [0, 0.1) is 18.8 Å². The van der Waals surface area contributed by atoms with Crippen LogP contribution < -0.4 is 4.90 Å². The Hall–Kier alpha value is -2.49. The standard InChI is InChI=1S/C23H27N3O/c1-16-10-12-26(13-11-16)23-24-17(2)22-20(25-23)14-19(15-21(22)27)9-8-18-6-4-3-5-7-18/h3-9,16,19H,10-15H2,1-2H3/b9-8+/t19-/m1/s1. The van der Waals surface area contributed by atoms with Crippen LogP contribution in [0.1, 0.15) is 53.5 Å². The fourth-order valence-electron chi connectivity index (χ4n) is 4.08. The number of aromatic nitrogens is 2. The van der Waals surface area contributed by atoms with E-state index in [4.69, 9.17) is 4.98 Å². The average molecular weight is 361 g/mol. The van der Waals surface area contributed by atoms with Crippen LogP contribution >= 0.6 is 0 Å². The van der Waals surface area contributed by atoms with E-state index in [-0.39, 0.29) is 11.7 Å². The Balaban J connectivity index is 1.57. The minimum atomic E-state index is 0.176. The Morgan fingerprint density at radius 2 is 1.81 bits per heavy atom. The van der Waals surface area contributed by atoms with Gasteiger partial charge in [0.05, 0.1) is 17.0 Å². The second-order valence-electron chi connectivity index (χ2n) is 7.96. The molecule has 0 bridgehead atoms. The highest BCUT2D eigenvalue weighted by Crippen LogP contribution is 2.30. The van der Waals surface area contributed by atoms with Crippen LogP contribution in [0.15, 0.2) is 36.4 Å². The summed E-state index contributed by atoms with van der Waals surface area (Å²) < 4.78 is 0. The van der Waals surface area contributed by atoms with Gasteiger partial charge in [0.1, 0.15) is 0 Å². The van der Waals surface area contributed by atoms with Gasteiger partial charge in [-0.25, -0.2) is 9.97 Å². The highest BCUT2D eigenvalue weighted by molar-refractivity contribution is 5.99. The summed E-state index contributed by atoms with van der Waals surface area (Å²) in [5.74, 6) is 1.96. The van der Waals surface area contributed by atoms with Gasteiger partial charge in [-0.15, -0.1) is 0 Å². The van der Waals surface area contributed by atoms with Crippen molar-refractivity contribution in [3.8, 4) is 0 Å². The van der Waals surface area contributed by atoms with Gasteiger partial charge < -0.3 is 4.90 Å². The van der Waals surface area contributed by atoms with Crippen molar-refractivity contribution in [3.63, 3.8) is 0 Å². The van der Waals surface area contributed by atoms with Gasteiger partial charge in [0, 0.05) is 19.5 Å². The fraction of sp³-hybridized carbons (Fsp3) is 0.435. The number of fused-ring (bicyclic) bond motifs is 1. The number of carbonyl (C=O) groups excluding carboxylic acids is 1. The molecule has 4 rings (SSSR count). The summed E-state index contributed by atoms with van der Waals surface area (Å²) in [6.45, 7) is 6.27. The first kappa shape index (κ1) is 17.9. The van der Waals surface area contributed by atoms with E-state index in [1.807, 2.05) is 25.1 Å². The molecule has 2 heterocycles. The molecule has 4 heteroatoms. The lowest BCUT2D eigenvalue weighted by Crippen LogP contribution is -2.35. The lowest BCUT2D eigenvalue weighted by molar-refractivity contribution is 0.0956. The first-order valence-electron chi connectivity index (χ1n) is 9.99. The van der Waals surface area contributed by atoms with Crippen molar-refractivity contribution >= 4 is 17.8 Å². The highest BCUT2D eigenvalue weighted by atomic mass is 16.1. The molecule has 2 aliphatic rings. The van der Waals surface area contributed by atoms with Gasteiger partial charge in [-0.3, -0.25) is 4.79 Å². The SMILES string of the molecule is Cc1nc(N2CCC(C)CC2)nc2c1C(=O)C[C@H](/C=C/c1ccccc1)C2. The number of ketones is 1. The molecule has 1 fully saturated rings. The third-order valence-electron chi connectivity index (χ3n) is 5.76. The molecule has 1 aromatic carbocycles. The zero-order chi connectivity index (χ0) is 18.8. The van der Waals surface area contributed by atoms with Crippen molar-refractivity contribution in [2.24, 2.45) is 11.8 Å². The predicted octanol–water partition coefficient (Wildman–Crippen LogP) is 4.48. The molecule has 0 spiro atoms. The van der Waals surface area contributed by atoms with Gasteiger partial charge in [-0.05, 0) is 43.6 Å². The summed E-state index contributed by atoms with van der Waals surface area (Å²) in [6.07, 6.45) is 7.99. The maximum atomic E-state index is 12.7. The number of allylic oxidation sites excluding steroid dienone is 1. The van der Waals surface area contributed by atoms with Crippen LogP contribution in [0.4, 0.5) is 5.95 Å². The van der Waals surface area contributed by atoms with Gasteiger partial charge in [-0.1, -0.05) is 49.4 Å². The first-order chi connectivity index (χ1) is 13.1. The van der Waals surface area contributed by atoms with Gasteiger partial charge in [0.2, 0.25) is 5.95 Å². The van der Waals surface area contributed by atoms with Crippen LogP contribution in [-0.2, 0) is 6.42 Å². The number of benzene rings is 1. The molecule has 1 aromatic heterocycles. The highest BCUT2D eigenvalue weighted by Gasteiger charge is 2.29. The molecule has 0 radical (unpaired) electrons. The van der Waals surface area contributed by atoms with Crippen LogP contribution in [-0.4, -0.2) is 28.8 Å². The molecule has 0 unspecified atom stereocenters. The number of anilines is 1. The minimum absolute atomic E-state index is 0.176. The molecule has 27 heavy (non-hydrogen) atoms. The van der Waals surface area contributed by atoms with Crippen molar-refractivity contribution in [2.75, 3.05) is 18.0 Å². The zero-order valence-corrected chi connectivity index (χ0v) is 16.2. The minimum Gasteiger partial charge on any atom is -0.341 e. The second kappa shape index (κ2) is 7.63. The molecule has 1 saturated heterocycles. The third kappa shape index (κ3) is 3.95. The summed E-state index contributed by atoms with van der Waals surface area (Å²) in [5, 5.41) is 0. The van der Waals surface area contributed by atoms with E-state index in [2.05, 4.69) is 41.1 Å². The van der Waals surface area contributed by atoms with E-state index in [0.29, 0.717) is 6.42 Å². The van der Waals surface area contributed by atoms with E-state index < -0.39 is 0 Å². The van der Waals surface area contributed by atoms with Crippen LogP contribution in [0.5, 0.6) is 0 Å². The fourth-order valence-corrected chi connectivity index (χ4v) is 4.08. The number of carbonyl (C=O) groups is 1. The molecule has 0 saturated carbocycles.